The van der Waals surface area contributed by atoms with Crippen molar-refractivity contribution in [2.24, 2.45) is 0 Å². The molecule has 62 valence electrons. The van der Waals surface area contributed by atoms with E-state index in [9.17, 15) is 0 Å². The van der Waals surface area contributed by atoms with E-state index < -0.39 is 0 Å². The van der Waals surface area contributed by atoms with Crippen LogP contribution in [0, 0.1) is 6.92 Å². The van der Waals surface area contributed by atoms with Crippen LogP contribution in [0.4, 0.5) is 0 Å². The second kappa shape index (κ2) is 2.67. The fraction of sp³-hybridized carbons (Fsp3) is 0.273. The van der Waals surface area contributed by atoms with Crippen LogP contribution < -0.4 is 0 Å². The minimum absolute atomic E-state index is 0.717. The van der Waals surface area contributed by atoms with Crippen LogP contribution in [0.3, 0.4) is 0 Å². The Morgan fingerprint density at radius 1 is 1.25 bits per heavy atom. The van der Waals surface area contributed by atoms with Gasteiger partial charge in [-0.1, -0.05) is 18.2 Å². The predicted octanol–water partition coefficient (Wildman–Crippen LogP) is 2.89. The number of allylic oxidation sites excluding steroid dienone is 1. The molecule has 1 aromatic rings. The van der Waals surface area contributed by atoms with Gasteiger partial charge in [-0.25, -0.2) is 0 Å². The molecule has 0 spiro atoms. The Balaban J connectivity index is 2.64. The van der Waals surface area contributed by atoms with Gasteiger partial charge < -0.3 is 4.74 Å². The Labute approximate surface area is 72.7 Å². The molecule has 1 aliphatic heterocycles. The summed E-state index contributed by atoms with van der Waals surface area (Å²) < 4.78 is 5.30. The quantitative estimate of drug-likeness (QED) is 0.567. The summed E-state index contributed by atoms with van der Waals surface area (Å²) in [4.78, 5) is 0. The maximum Gasteiger partial charge on any atom is 0.113 e. The zero-order chi connectivity index (χ0) is 8.55. The summed E-state index contributed by atoms with van der Waals surface area (Å²) in [6.45, 7) is 4.95. The van der Waals surface area contributed by atoms with E-state index in [0.717, 1.165) is 0 Å². The van der Waals surface area contributed by atoms with Gasteiger partial charge in [-0.05, 0) is 36.1 Å². The molecule has 1 heterocycles. The molecule has 0 amide bonds. The number of benzene rings is 1. The third-order valence-electron chi connectivity index (χ3n) is 2.25. The number of rotatable bonds is 0. The van der Waals surface area contributed by atoms with Crippen LogP contribution in [-0.4, -0.2) is 0 Å². The van der Waals surface area contributed by atoms with Crippen LogP contribution in [0.25, 0.3) is 5.57 Å². The smallest absolute Gasteiger partial charge is 0.113 e. The molecule has 1 aromatic carbocycles. The van der Waals surface area contributed by atoms with E-state index in [1.807, 2.05) is 6.26 Å². The fourth-order valence-electron chi connectivity index (χ4n) is 1.73. The van der Waals surface area contributed by atoms with Gasteiger partial charge in [-0.15, -0.1) is 0 Å². The third kappa shape index (κ3) is 1.02. The first kappa shape index (κ1) is 7.41. The number of aryl methyl sites for hydroxylation is 1. The first-order valence-corrected chi connectivity index (χ1v) is 4.16. The molecule has 0 N–H and O–H groups in total. The molecular weight excluding hydrogens is 148 g/mol. The van der Waals surface area contributed by atoms with Crippen molar-refractivity contribution < 1.29 is 4.74 Å². The highest BCUT2D eigenvalue weighted by atomic mass is 16.5. The molecule has 12 heavy (non-hydrogen) atoms. The van der Waals surface area contributed by atoms with Gasteiger partial charge in [0.1, 0.15) is 6.61 Å². The lowest BCUT2D eigenvalue weighted by Crippen LogP contribution is -2.01. The monoisotopic (exact) mass is 160 g/mol. The predicted molar refractivity (Wildman–Crippen MR) is 49.6 cm³/mol. The van der Waals surface area contributed by atoms with Gasteiger partial charge in [-0.3, -0.25) is 0 Å². The third-order valence-corrected chi connectivity index (χ3v) is 2.25. The van der Waals surface area contributed by atoms with Crippen LogP contribution in [0.1, 0.15) is 23.6 Å². The molecule has 0 aliphatic carbocycles. The Hall–Kier alpha value is -1.24. The first-order valence-electron chi connectivity index (χ1n) is 4.16. The van der Waals surface area contributed by atoms with Gasteiger partial charge in [0.05, 0.1) is 6.26 Å². The molecule has 0 bridgehead atoms. The van der Waals surface area contributed by atoms with Crippen LogP contribution in [0.15, 0.2) is 24.5 Å². The van der Waals surface area contributed by atoms with Crippen molar-refractivity contribution in [2.45, 2.75) is 20.5 Å². The van der Waals surface area contributed by atoms with Gasteiger partial charge in [0.15, 0.2) is 0 Å². The van der Waals surface area contributed by atoms with Crippen LogP contribution >= 0.6 is 0 Å². The SMILES string of the molecule is CC1=COCc2cccc(C)c21. The Kier molecular flexibility index (Phi) is 1.65. The van der Waals surface area contributed by atoms with E-state index in [-0.39, 0.29) is 0 Å². The standard InChI is InChI=1S/C11H12O/c1-8-4-3-5-10-7-12-6-9(2)11(8)10/h3-6H,7H2,1-2H3. The molecule has 0 saturated heterocycles. The molecule has 1 nitrogen and oxygen atoms in total. The molecule has 0 unspecified atom stereocenters. The molecule has 2 rings (SSSR count). The van der Waals surface area contributed by atoms with Gasteiger partial charge in [0.2, 0.25) is 0 Å². The second-order valence-corrected chi connectivity index (χ2v) is 3.22. The zero-order valence-electron chi connectivity index (χ0n) is 7.42. The van der Waals surface area contributed by atoms with E-state index in [2.05, 4.69) is 32.0 Å². The van der Waals surface area contributed by atoms with Gasteiger partial charge in [0.25, 0.3) is 0 Å². The number of hydrogen-bond donors (Lipinski definition) is 0. The average molecular weight is 160 g/mol. The maximum atomic E-state index is 5.30. The van der Waals surface area contributed by atoms with E-state index in [0.29, 0.717) is 6.61 Å². The van der Waals surface area contributed by atoms with Crippen molar-refractivity contribution in [1.82, 2.24) is 0 Å². The van der Waals surface area contributed by atoms with Crippen molar-refractivity contribution in [1.29, 1.82) is 0 Å². The molecular formula is C11H12O. The van der Waals surface area contributed by atoms with Crippen molar-refractivity contribution in [3.63, 3.8) is 0 Å². The van der Waals surface area contributed by atoms with E-state index >= 15 is 0 Å². The molecule has 1 heteroatoms. The van der Waals surface area contributed by atoms with E-state index in [1.165, 1.54) is 22.3 Å². The molecule has 0 saturated carbocycles. The summed E-state index contributed by atoms with van der Waals surface area (Å²) in [5.41, 5.74) is 5.23. The lowest BCUT2D eigenvalue weighted by Gasteiger charge is -2.17. The highest BCUT2D eigenvalue weighted by Gasteiger charge is 2.11. The topological polar surface area (TPSA) is 9.23 Å². The van der Waals surface area contributed by atoms with Crippen molar-refractivity contribution in [3.05, 3.63) is 41.2 Å². The average Bonchev–Trinajstić information content (AvgIpc) is 2.04. The van der Waals surface area contributed by atoms with Gasteiger partial charge in [0, 0.05) is 0 Å². The number of hydrogen-bond acceptors (Lipinski definition) is 1. The molecule has 0 aromatic heterocycles. The van der Waals surface area contributed by atoms with E-state index in [1.54, 1.807) is 0 Å². The lowest BCUT2D eigenvalue weighted by atomic mass is 9.96. The zero-order valence-corrected chi connectivity index (χ0v) is 7.42. The minimum Gasteiger partial charge on any atom is -0.496 e. The summed E-state index contributed by atoms with van der Waals surface area (Å²) in [6.07, 6.45) is 1.84. The van der Waals surface area contributed by atoms with Crippen LogP contribution in [0.5, 0.6) is 0 Å². The summed E-state index contributed by atoms with van der Waals surface area (Å²) in [5.74, 6) is 0. The second-order valence-electron chi connectivity index (χ2n) is 3.22. The number of ether oxygens (including phenoxy) is 1. The van der Waals surface area contributed by atoms with Gasteiger partial charge >= 0.3 is 0 Å². The maximum absolute atomic E-state index is 5.30. The molecule has 1 aliphatic rings. The summed E-state index contributed by atoms with van der Waals surface area (Å²) in [7, 11) is 0. The Bertz CT molecular complexity index is 337. The Morgan fingerprint density at radius 2 is 2.08 bits per heavy atom. The molecule has 0 fully saturated rings. The largest absolute Gasteiger partial charge is 0.496 e. The highest BCUT2D eigenvalue weighted by Crippen LogP contribution is 2.27. The van der Waals surface area contributed by atoms with Crippen molar-refractivity contribution in [3.8, 4) is 0 Å². The first-order chi connectivity index (χ1) is 5.79. The lowest BCUT2D eigenvalue weighted by molar-refractivity contribution is 0.232. The summed E-state index contributed by atoms with van der Waals surface area (Å²) in [6, 6.07) is 6.34. The summed E-state index contributed by atoms with van der Waals surface area (Å²) >= 11 is 0. The van der Waals surface area contributed by atoms with Crippen LogP contribution in [0.2, 0.25) is 0 Å². The highest BCUT2D eigenvalue weighted by molar-refractivity contribution is 5.69. The van der Waals surface area contributed by atoms with Crippen molar-refractivity contribution >= 4 is 5.57 Å². The van der Waals surface area contributed by atoms with Crippen molar-refractivity contribution in [2.75, 3.05) is 0 Å². The molecule has 0 radical (unpaired) electrons. The Morgan fingerprint density at radius 3 is 2.83 bits per heavy atom. The van der Waals surface area contributed by atoms with Crippen LogP contribution in [-0.2, 0) is 11.3 Å². The number of fused-ring (bicyclic) bond motifs is 1. The van der Waals surface area contributed by atoms with Gasteiger partial charge in [-0.2, -0.15) is 0 Å². The normalized spacial score (nSPS) is 14.7. The molecule has 0 atom stereocenters. The van der Waals surface area contributed by atoms with E-state index in [4.69, 9.17) is 4.74 Å². The summed E-state index contributed by atoms with van der Waals surface area (Å²) in [5, 5.41) is 0. The fourth-order valence-corrected chi connectivity index (χ4v) is 1.73. The minimum atomic E-state index is 0.717.